The first-order chi connectivity index (χ1) is 12.8. The highest BCUT2D eigenvalue weighted by Gasteiger charge is 2.62. The van der Waals surface area contributed by atoms with Gasteiger partial charge in [-0.3, -0.25) is 14.4 Å². The molecule has 0 amide bonds. The zero-order valence-electron chi connectivity index (χ0n) is 16.5. The van der Waals surface area contributed by atoms with Crippen molar-refractivity contribution in [2.24, 2.45) is 17.3 Å². The summed E-state index contributed by atoms with van der Waals surface area (Å²) in [5, 5.41) is 0. The van der Waals surface area contributed by atoms with Gasteiger partial charge in [-0.05, 0) is 54.5 Å². The summed E-state index contributed by atoms with van der Waals surface area (Å²) in [5.74, 6) is -2.23. The van der Waals surface area contributed by atoms with E-state index in [1.54, 1.807) is 7.11 Å². The third-order valence-electron chi connectivity index (χ3n) is 6.44. The van der Waals surface area contributed by atoms with Gasteiger partial charge in [0, 0.05) is 12.3 Å². The van der Waals surface area contributed by atoms with Crippen molar-refractivity contribution >= 4 is 17.7 Å². The molecule has 4 atom stereocenters. The molecule has 0 aliphatic heterocycles. The molecule has 0 spiro atoms. The Hall–Kier alpha value is -2.37. The number of fused-ring (bicyclic) bond motifs is 3. The van der Waals surface area contributed by atoms with Crippen LogP contribution in [0.2, 0.25) is 0 Å². The Morgan fingerprint density at radius 1 is 1.15 bits per heavy atom. The second-order valence-electron chi connectivity index (χ2n) is 7.60. The van der Waals surface area contributed by atoms with E-state index in [4.69, 9.17) is 14.2 Å². The lowest BCUT2D eigenvalue weighted by Gasteiger charge is -2.51. The highest BCUT2D eigenvalue weighted by atomic mass is 16.5. The lowest BCUT2D eigenvalue weighted by Crippen LogP contribution is -2.56. The first kappa shape index (κ1) is 19.4. The van der Waals surface area contributed by atoms with E-state index in [0.29, 0.717) is 12.8 Å². The van der Waals surface area contributed by atoms with E-state index < -0.39 is 23.2 Å². The average molecular weight is 374 g/mol. The second-order valence-corrected chi connectivity index (χ2v) is 7.60. The Labute approximate surface area is 159 Å². The van der Waals surface area contributed by atoms with Crippen molar-refractivity contribution < 1.29 is 28.6 Å². The number of rotatable bonds is 3. The molecule has 0 heterocycles. The Bertz CT molecular complexity index is 798. The molecule has 0 radical (unpaired) electrons. The molecule has 6 nitrogen and oxygen atoms in total. The lowest BCUT2D eigenvalue weighted by molar-refractivity contribution is -0.170. The highest BCUT2D eigenvalue weighted by Crippen LogP contribution is 2.59. The number of carbonyl (C=O) groups is 3. The standard InChI is InChI=1S/C21H26O6/c1-11-8-14(25-3)10-13-6-7-21(20(24)27-5)12(2)9-15(22)17(19(23)26-4)18(21)16(11)13/h8,10,12,17-18H,6-7,9H2,1-5H3/t12-,17+,18-,21-/m0/s1. The number of carbonyl (C=O) groups excluding carboxylic acids is 3. The van der Waals surface area contributed by atoms with Gasteiger partial charge in [0.1, 0.15) is 17.5 Å². The topological polar surface area (TPSA) is 78.9 Å². The third kappa shape index (κ3) is 2.73. The Kier molecular flexibility index (Phi) is 5.02. The molecule has 3 rings (SSSR count). The molecule has 1 aromatic carbocycles. The molecule has 1 fully saturated rings. The summed E-state index contributed by atoms with van der Waals surface area (Å²) in [5.41, 5.74) is 1.86. The van der Waals surface area contributed by atoms with Crippen LogP contribution in [0.15, 0.2) is 12.1 Å². The minimum Gasteiger partial charge on any atom is -0.497 e. The number of aryl methyl sites for hydroxylation is 2. The van der Waals surface area contributed by atoms with Crippen molar-refractivity contribution in [3.8, 4) is 5.75 Å². The van der Waals surface area contributed by atoms with Gasteiger partial charge in [0.05, 0.1) is 26.7 Å². The van der Waals surface area contributed by atoms with E-state index in [0.717, 1.165) is 22.4 Å². The molecular weight excluding hydrogens is 348 g/mol. The summed E-state index contributed by atoms with van der Waals surface area (Å²) < 4.78 is 15.5. The van der Waals surface area contributed by atoms with E-state index in [-0.39, 0.29) is 24.1 Å². The monoisotopic (exact) mass is 374 g/mol. The summed E-state index contributed by atoms with van der Waals surface area (Å²) in [6, 6.07) is 3.81. The molecule has 0 bridgehead atoms. The van der Waals surface area contributed by atoms with Crippen molar-refractivity contribution in [2.75, 3.05) is 21.3 Å². The van der Waals surface area contributed by atoms with Crippen molar-refractivity contribution in [3.63, 3.8) is 0 Å². The van der Waals surface area contributed by atoms with Crippen molar-refractivity contribution in [2.45, 2.75) is 39.0 Å². The van der Waals surface area contributed by atoms with Gasteiger partial charge >= 0.3 is 11.9 Å². The molecule has 0 unspecified atom stereocenters. The Morgan fingerprint density at radius 2 is 1.85 bits per heavy atom. The quantitative estimate of drug-likeness (QED) is 0.598. The fourth-order valence-corrected chi connectivity index (χ4v) is 5.19. The zero-order valence-corrected chi connectivity index (χ0v) is 16.5. The molecule has 0 saturated heterocycles. The number of Topliss-reactive ketones (excluding diaryl/α,β-unsaturated/α-hetero) is 1. The average Bonchev–Trinajstić information content (AvgIpc) is 2.66. The second kappa shape index (κ2) is 6.98. The minimum absolute atomic E-state index is 0.163. The van der Waals surface area contributed by atoms with E-state index in [9.17, 15) is 14.4 Å². The van der Waals surface area contributed by atoms with Crippen LogP contribution in [0.25, 0.3) is 0 Å². The summed E-state index contributed by atoms with van der Waals surface area (Å²) in [6.45, 7) is 3.83. The third-order valence-corrected chi connectivity index (χ3v) is 6.44. The summed E-state index contributed by atoms with van der Waals surface area (Å²) in [4.78, 5) is 38.5. The summed E-state index contributed by atoms with van der Waals surface area (Å²) in [6.07, 6.45) is 1.34. The number of esters is 2. The fraction of sp³-hybridized carbons (Fsp3) is 0.571. The van der Waals surface area contributed by atoms with Gasteiger partial charge in [-0.25, -0.2) is 0 Å². The number of methoxy groups -OCH3 is 3. The van der Waals surface area contributed by atoms with Crippen molar-refractivity contribution in [3.05, 3.63) is 28.8 Å². The zero-order chi connectivity index (χ0) is 19.9. The van der Waals surface area contributed by atoms with Crippen LogP contribution < -0.4 is 4.74 Å². The van der Waals surface area contributed by atoms with E-state index in [1.807, 2.05) is 26.0 Å². The smallest absolute Gasteiger partial charge is 0.316 e. The van der Waals surface area contributed by atoms with Crippen LogP contribution >= 0.6 is 0 Å². The van der Waals surface area contributed by atoms with Crippen LogP contribution in [0, 0.1) is 24.2 Å². The number of hydrogen-bond acceptors (Lipinski definition) is 6. The summed E-state index contributed by atoms with van der Waals surface area (Å²) >= 11 is 0. The maximum atomic E-state index is 13.0. The van der Waals surface area contributed by atoms with Gasteiger partial charge in [0.2, 0.25) is 0 Å². The van der Waals surface area contributed by atoms with Crippen LogP contribution in [-0.4, -0.2) is 39.1 Å². The highest BCUT2D eigenvalue weighted by molar-refractivity contribution is 6.03. The van der Waals surface area contributed by atoms with Gasteiger partial charge in [0.15, 0.2) is 0 Å². The van der Waals surface area contributed by atoms with Gasteiger partial charge in [-0.2, -0.15) is 0 Å². The fourth-order valence-electron chi connectivity index (χ4n) is 5.19. The van der Waals surface area contributed by atoms with Crippen LogP contribution in [0.4, 0.5) is 0 Å². The van der Waals surface area contributed by atoms with E-state index in [2.05, 4.69) is 0 Å². The molecule has 2 aliphatic rings. The van der Waals surface area contributed by atoms with Crippen LogP contribution in [0.1, 0.15) is 42.4 Å². The first-order valence-corrected chi connectivity index (χ1v) is 9.18. The molecule has 0 aromatic heterocycles. The SMILES string of the molecule is COC(=O)[C@@H]1C(=O)C[C@H](C)[C@@]2(C(=O)OC)CCc3cc(OC)cc(C)c3[C@@H]12. The predicted octanol–water partition coefficient (Wildman–Crippen LogP) is 2.59. The van der Waals surface area contributed by atoms with Gasteiger partial charge in [-0.15, -0.1) is 0 Å². The molecule has 2 aliphatic carbocycles. The molecular formula is C21H26O6. The van der Waals surface area contributed by atoms with E-state index >= 15 is 0 Å². The maximum absolute atomic E-state index is 13.0. The largest absolute Gasteiger partial charge is 0.497 e. The van der Waals surface area contributed by atoms with Crippen LogP contribution in [0.3, 0.4) is 0 Å². The lowest BCUT2D eigenvalue weighted by atomic mass is 9.49. The molecule has 146 valence electrons. The first-order valence-electron chi connectivity index (χ1n) is 9.18. The number of ketones is 1. The molecule has 1 aromatic rings. The number of ether oxygens (including phenoxy) is 3. The molecule has 6 heteroatoms. The number of hydrogen-bond donors (Lipinski definition) is 0. The van der Waals surface area contributed by atoms with Gasteiger partial charge < -0.3 is 14.2 Å². The van der Waals surface area contributed by atoms with Crippen molar-refractivity contribution in [1.82, 2.24) is 0 Å². The van der Waals surface area contributed by atoms with Gasteiger partial charge in [0.25, 0.3) is 0 Å². The minimum atomic E-state index is -1.00. The van der Waals surface area contributed by atoms with E-state index in [1.165, 1.54) is 14.2 Å². The molecule has 27 heavy (non-hydrogen) atoms. The summed E-state index contributed by atoms with van der Waals surface area (Å²) in [7, 11) is 4.24. The Morgan fingerprint density at radius 3 is 2.44 bits per heavy atom. The van der Waals surface area contributed by atoms with Crippen LogP contribution in [-0.2, 0) is 30.3 Å². The van der Waals surface area contributed by atoms with Crippen molar-refractivity contribution in [1.29, 1.82) is 0 Å². The Balaban J connectivity index is 2.30. The number of benzene rings is 1. The molecule has 1 saturated carbocycles. The molecule has 0 N–H and O–H groups in total. The normalized spacial score (nSPS) is 29.4. The maximum Gasteiger partial charge on any atom is 0.316 e. The predicted molar refractivity (Wildman–Crippen MR) is 97.5 cm³/mol. The van der Waals surface area contributed by atoms with Gasteiger partial charge in [-0.1, -0.05) is 6.92 Å². The van der Waals surface area contributed by atoms with Crippen LogP contribution in [0.5, 0.6) is 5.75 Å².